The predicted molar refractivity (Wildman–Crippen MR) is 111 cm³/mol. The fourth-order valence-electron chi connectivity index (χ4n) is 3.53. The predicted octanol–water partition coefficient (Wildman–Crippen LogP) is 4.33. The summed E-state index contributed by atoms with van der Waals surface area (Å²) in [5.41, 5.74) is 0.452. The average Bonchev–Trinajstić information content (AvgIpc) is 3.27. The first-order valence-electron chi connectivity index (χ1n) is 9.77. The largest absolute Gasteiger partial charge is 0.496 e. The zero-order valence-corrected chi connectivity index (χ0v) is 17.3. The maximum absolute atomic E-state index is 13.1. The van der Waals surface area contributed by atoms with Gasteiger partial charge in [0.25, 0.3) is 11.8 Å². The van der Waals surface area contributed by atoms with Crippen LogP contribution in [0.2, 0.25) is 5.02 Å². The van der Waals surface area contributed by atoms with Crippen molar-refractivity contribution < 1.29 is 18.7 Å². The molecule has 0 spiro atoms. The molecule has 1 aromatic heterocycles. The van der Waals surface area contributed by atoms with Gasteiger partial charge in [-0.3, -0.25) is 4.79 Å². The second-order valence-corrected chi connectivity index (χ2v) is 7.51. The third-order valence-corrected chi connectivity index (χ3v) is 5.27. The lowest BCUT2D eigenvalue weighted by molar-refractivity contribution is 0.0694. The van der Waals surface area contributed by atoms with E-state index in [1.165, 1.54) is 7.11 Å². The van der Waals surface area contributed by atoms with E-state index in [1.54, 1.807) is 23.1 Å². The Balaban J connectivity index is 1.42. The molecule has 1 amide bonds. The normalized spacial score (nSPS) is 16.3. The van der Waals surface area contributed by atoms with E-state index in [0.717, 1.165) is 18.6 Å². The molecule has 30 heavy (non-hydrogen) atoms. The number of rotatable bonds is 6. The molecule has 2 heterocycles. The van der Waals surface area contributed by atoms with Crippen LogP contribution in [0.1, 0.15) is 40.9 Å². The number of para-hydroxylation sites is 1. The van der Waals surface area contributed by atoms with Crippen LogP contribution in [0.3, 0.4) is 0 Å². The summed E-state index contributed by atoms with van der Waals surface area (Å²) in [6, 6.07) is 14.5. The lowest BCUT2D eigenvalue weighted by Gasteiger charge is -2.31. The third kappa shape index (κ3) is 4.57. The van der Waals surface area contributed by atoms with Gasteiger partial charge in [-0.05, 0) is 43.2 Å². The van der Waals surface area contributed by atoms with E-state index in [1.807, 2.05) is 30.3 Å². The summed E-state index contributed by atoms with van der Waals surface area (Å²) < 4.78 is 16.8. The molecule has 0 N–H and O–H groups in total. The number of aromatic nitrogens is 2. The number of carbonyl (C=O) groups is 1. The van der Waals surface area contributed by atoms with Gasteiger partial charge in [0.2, 0.25) is 5.89 Å². The highest BCUT2D eigenvalue weighted by atomic mass is 35.5. The Morgan fingerprint density at radius 3 is 2.87 bits per heavy atom. The molecule has 0 radical (unpaired) electrons. The van der Waals surface area contributed by atoms with Gasteiger partial charge in [-0.25, -0.2) is 0 Å². The van der Waals surface area contributed by atoms with E-state index in [9.17, 15) is 4.79 Å². The fourth-order valence-corrected chi connectivity index (χ4v) is 3.70. The Bertz CT molecular complexity index is 1010. The summed E-state index contributed by atoms with van der Waals surface area (Å²) in [6.07, 6.45) is 1.72. The lowest BCUT2D eigenvalue weighted by Crippen LogP contribution is -2.39. The van der Waals surface area contributed by atoms with Gasteiger partial charge in [-0.15, -0.1) is 10.2 Å². The molecule has 1 unspecified atom stereocenters. The van der Waals surface area contributed by atoms with Crippen LogP contribution in [0, 0.1) is 0 Å². The molecule has 4 rings (SSSR count). The Hall–Kier alpha value is -3.06. The van der Waals surface area contributed by atoms with E-state index < -0.39 is 0 Å². The third-order valence-electron chi connectivity index (χ3n) is 5.04. The molecule has 1 aliphatic heterocycles. The first kappa shape index (κ1) is 20.2. The van der Waals surface area contributed by atoms with E-state index in [-0.39, 0.29) is 18.4 Å². The average molecular weight is 428 g/mol. The molecule has 1 saturated heterocycles. The Morgan fingerprint density at radius 2 is 2.07 bits per heavy atom. The Kier molecular flexibility index (Phi) is 6.18. The van der Waals surface area contributed by atoms with Crippen molar-refractivity contribution in [2.45, 2.75) is 25.4 Å². The molecule has 156 valence electrons. The van der Waals surface area contributed by atoms with Crippen LogP contribution in [0.15, 0.2) is 52.9 Å². The van der Waals surface area contributed by atoms with Crippen LogP contribution in [0.5, 0.6) is 11.5 Å². The van der Waals surface area contributed by atoms with E-state index in [4.69, 9.17) is 25.5 Å². The van der Waals surface area contributed by atoms with E-state index >= 15 is 0 Å². The highest BCUT2D eigenvalue weighted by molar-refractivity contribution is 6.31. The van der Waals surface area contributed by atoms with Gasteiger partial charge in [0.1, 0.15) is 11.5 Å². The van der Waals surface area contributed by atoms with Crippen molar-refractivity contribution in [2.24, 2.45) is 0 Å². The number of piperidine rings is 1. The molecule has 0 saturated carbocycles. The zero-order chi connectivity index (χ0) is 20.9. The fraction of sp³-hybridized carbons (Fsp3) is 0.318. The SMILES string of the molecule is COc1ccc(Cl)cc1C(=O)N1CCCC(c2nnc(COc3ccccc3)o2)C1. The monoisotopic (exact) mass is 427 g/mol. The van der Waals surface area contributed by atoms with Gasteiger partial charge in [0, 0.05) is 18.1 Å². The highest BCUT2D eigenvalue weighted by Gasteiger charge is 2.30. The number of benzene rings is 2. The molecule has 0 aliphatic carbocycles. The Labute approximate surface area is 179 Å². The highest BCUT2D eigenvalue weighted by Crippen LogP contribution is 2.30. The molecular weight excluding hydrogens is 406 g/mol. The number of ether oxygens (including phenoxy) is 2. The summed E-state index contributed by atoms with van der Waals surface area (Å²) in [5, 5.41) is 8.77. The first-order valence-corrected chi connectivity index (χ1v) is 10.1. The number of methoxy groups -OCH3 is 1. The van der Waals surface area contributed by atoms with Crippen molar-refractivity contribution in [1.29, 1.82) is 0 Å². The molecule has 1 aliphatic rings. The van der Waals surface area contributed by atoms with Crippen molar-refractivity contribution in [2.75, 3.05) is 20.2 Å². The molecule has 0 bridgehead atoms. The summed E-state index contributed by atoms with van der Waals surface area (Å²) >= 11 is 6.09. The second kappa shape index (κ2) is 9.17. The number of nitrogens with zero attached hydrogens (tertiary/aromatic N) is 3. The van der Waals surface area contributed by atoms with Gasteiger partial charge in [-0.1, -0.05) is 29.8 Å². The van der Waals surface area contributed by atoms with Crippen LogP contribution in [0.4, 0.5) is 0 Å². The smallest absolute Gasteiger partial charge is 0.257 e. The van der Waals surface area contributed by atoms with Gasteiger partial charge >= 0.3 is 0 Å². The summed E-state index contributed by atoms with van der Waals surface area (Å²) in [7, 11) is 1.54. The molecule has 8 heteroatoms. The summed E-state index contributed by atoms with van der Waals surface area (Å²) in [6.45, 7) is 1.35. The van der Waals surface area contributed by atoms with Gasteiger partial charge in [-0.2, -0.15) is 0 Å². The van der Waals surface area contributed by atoms with Crippen LogP contribution in [-0.4, -0.2) is 41.2 Å². The number of likely N-dealkylation sites (tertiary alicyclic amines) is 1. The van der Waals surface area contributed by atoms with Crippen LogP contribution < -0.4 is 9.47 Å². The van der Waals surface area contributed by atoms with Crippen molar-refractivity contribution in [3.8, 4) is 11.5 Å². The van der Waals surface area contributed by atoms with E-state index in [0.29, 0.717) is 41.2 Å². The topological polar surface area (TPSA) is 77.7 Å². The lowest BCUT2D eigenvalue weighted by atomic mass is 9.97. The molecule has 2 aromatic carbocycles. The minimum atomic E-state index is -0.119. The minimum absolute atomic E-state index is 0.0224. The number of amides is 1. The maximum Gasteiger partial charge on any atom is 0.257 e. The zero-order valence-electron chi connectivity index (χ0n) is 16.6. The van der Waals surface area contributed by atoms with Crippen molar-refractivity contribution in [3.05, 3.63) is 70.9 Å². The standard InChI is InChI=1S/C22H22ClN3O4/c1-28-19-10-9-16(23)12-18(19)22(27)26-11-5-6-15(13-26)21-25-24-20(30-21)14-29-17-7-3-2-4-8-17/h2-4,7-10,12,15H,5-6,11,13-14H2,1H3. The van der Waals surface area contributed by atoms with Crippen molar-refractivity contribution >= 4 is 17.5 Å². The van der Waals surface area contributed by atoms with Crippen LogP contribution in [-0.2, 0) is 6.61 Å². The van der Waals surface area contributed by atoms with Gasteiger partial charge in [0.05, 0.1) is 18.6 Å². The Morgan fingerprint density at radius 1 is 1.23 bits per heavy atom. The quantitative estimate of drug-likeness (QED) is 0.582. The summed E-state index contributed by atoms with van der Waals surface area (Å²) in [4.78, 5) is 14.9. The molecular formula is C22H22ClN3O4. The number of carbonyl (C=O) groups excluding carboxylic acids is 1. The minimum Gasteiger partial charge on any atom is -0.496 e. The second-order valence-electron chi connectivity index (χ2n) is 7.07. The number of hydrogen-bond donors (Lipinski definition) is 0. The van der Waals surface area contributed by atoms with Crippen molar-refractivity contribution in [1.82, 2.24) is 15.1 Å². The summed E-state index contributed by atoms with van der Waals surface area (Å²) in [5.74, 6) is 2.04. The first-order chi connectivity index (χ1) is 14.6. The molecule has 1 atom stereocenters. The number of hydrogen-bond acceptors (Lipinski definition) is 6. The number of halogens is 1. The van der Waals surface area contributed by atoms with Gasteiger partial charge in [0.15, 0.2) is 6.61 Å². The molecule has 1 fully saturated rings. The van der Waals surface area contributed by atoms with Crippen LogP contribution >= 0.6 is 11.6 Å². The molecule has 7 nitrogen and oxygen atoms in total. The molecule has 3 aromatic rings. The van der Waals surface area contributed by atoms with Crippen LogP contribution in [0.25, 0.3) is 0 Å². The van der Waals surface area contributed by atoms with Gasteiger partial charge < -0.3 is 18.8 Å². The van der Waals surface area contributed by atoms with E-state index in [2.05, 4.69) is 10.2 Å². The maximum atomic E-state index is 13.1. The van der Waals surface area contributed by atoms with Crippen molar-refractivity contribution in [3.63, 3.8) is 0 Å².